The van der Waals surface area contributed by atoms with E-state index < -0.39 is 5.97 Å². The van der Waals surface area contributed by atoms with E-state index in [0.717, 1.165) is 17.5 Å². The van der Waals surface area contributed by atoms with E-state index in [2.05, 4.69) is 10.3 Å². The van der Waals surface area contributed by atoms with Crippen LogP contribution in [0.25, 0.3) is 0 Å². The van der Waals surface area contributed by atoms with Gasteiger partial charge in [-0.25, -0.2) is 4.68 Å². The topological polar surface area (TPSA) is 88.3 Å². The lowest BCUT2D eigenvalue weighted by atomic mass is 10.1. The standard InChI is InChI=1S/C11H18N4O3/c1-4-8(5-2)14(3)11(18)9-6-15(13-12-9)7-10(16)17/h6,8H,4-5,7H2,1-3H3,(H,16,17). The van der Waals surface area contributed by atoms with Crippen molar-refractivity contribution in [2.75, 3.05) is 7.05 Å². The van der Waals surface area contributed by atoms with Crippen LogP contribution in [0.4, 0.5) is 0 Å². The summed E-state index contributed by atoms with van der Waals surface area (Å²) >= 11 is 0. The van der Waals surface area contributed by atoms with E-state index in [1.165, 1.54) is 6.20 Å². The number of hydrogen-bond donors (Lipinski definition) is 1. The van der Waals surface area contributed by atoms with Crippen LogP contribution >= 0.6 is 0 Å². The fourth-order valence-corrected chi connectivity index (χ4v) is 1.80. The Bertz CT molecular complexity index is 426. The lowest BCUT2D eigenvalue weighted by Gasteiger charge is -2.25. The maximum atomic E-state index is 12.1. The maximum absolute atomic E-state index is 12.1. The van der Waals surface area contributed by atoms with Gasteiger partial charge in [0, 0.05) is 13.1 Å². The van der Waals surface area contributed by atoms with E-state index >= 15 is 0 Å². The minimum atomic E-state index is -1.02. The molecule has 100 valence electrons. The zero-order valence-electron chi connectivity index (χ0n) is 10.8. The molecule has 1 heterocycles. The molecule has 0 aliphatic heterocycles. The first-order valence-electron chi connectivity index (χ1n) is 5.88. The third-order valence-corrected chi connectivity index (χ3v) is 2.87. The van der Waals surface area contributed by atoms with Gasteiger partial charge in [-0.1, -0.05) is 19.1 Å². The Labute approximate surface area is 105 Å². The summed E-state index contributed by atoms with van der Waals surface area (Å²) in [6, 6.07) is 0.155. The quantitative estimate of drug-likeness (QED) is 0.804. The van der Waals surface area contributed by atoms with Crippen molar-refractivity contribution in [2.24, 2.45) is 0 Å². The maximum Gasteiger partial charge on any atom is 0.325 e. The van der Waals surface area contributed by atoms with Gasteiger partial charge in [-0.05, 0) is 12.8 Å². The molecule has 0 saturated heterocycles. The third kappa shape index (κ3) is 3.28. The van der Waals surface area contributed by atoms with E-state index in [4.69, 9.17) is 5.11 Å². The molecule has 0 aliphatic carbocycles. The number of hydrogen-bond acceptors (Lipinski definition) is 4. The summed E-state index contributed by atoms with van der Waals surface area (Å²) in [5.74, 6) is -1.26. The Morgan fingerprint density at radius 1 is 1.44 bits per heavy atom. The molecule has 0 saturated carbocycles. The summed E-state index contributed by atoms with van der Waals surface area (Å²) in [4.78, 5) is 24.2. The van der Waals surface area contributed by atoms with Crippen LogP contribution in [-0.2, 0) is 11.3 Å². The summed E-state index contributed by atoms with van der Waals surface area (Å²) in [6.07, 6.45) is 3.08. The number of amides is 1. The van der Waals surface area contributed by atoms with Crippen LogP contribution in [0.3, 0.4) is 0 Å². The molecule has 0 fully saturated rings. The lowest BCUT2D eigenvalue weighted by molar-refractivity contribution is -0.137. The van der Waals surface area contributed by atoms with Crippen LogP contribution in [0.1, 0.15) is 37.2 Å². The number of nitrogens with zero attached hydrogens (tertiary/aromatic N) is 4. The smallest absolute Gasteiger partial charge is 0.325 e. The summed E-state index contributed by atoms with van der Waals surface area (Å²) in [5, 5.41) is 15.9. The van der Waals surface area contributed by atoms with E-state index in [-0.39, 0.29) is 24.2 Å². The van der Waals surface area contributed by atoms with Crippen molar-refractivity contribution in [3.05, 3.63) is 11.9 Å². The van der Waals surface area contributed by atoms with Crippen LogP contribution in [0.2, 0.25) is 0 Å². The Hall–Kier alpha value is -1.92. The molecule has 1 aromatic heterocycles. The average Bonchev–Trinajstić information content (AvgIpc) is 2.77. The van der Waals surface area contributed by atoms with Gasteiger partial charge in [0.1, 0.15) is 6.54 Å². The molecule has 0 bridgehead atoms. The number of carbonyl (C=O) groups excluding carboxylic acids is 1. The van der Waals surface area contributed by atoms with Gasteiger partial charge in [-0.3, -0.25) is 9.59 Å². The van der Waals surface area contributed by atoms with Crippen LogP contribution in [0.15, 0.2) is 6.20 Å². The number of carboxylic acids is 1. The molecular weight excluding hydrogens is 236 g/mol. The first kappa shape index (κ1) is 14.1. The summed E-state index contributed by atoms with van der Waals surface area (Å²) in [7, 11) is 1.72. The molecule has 7 nitrogen and oxygen atoms in total. The SMILES string of the molecule is CCC(CC)N(C)C(=O)c1cn(CC(=O)O)nn1. The number of carbonyl (C=O) groups is 2. The van der Waals surface area contributed by atoms with Crippen molar-refractivity contribution >= 4 is 11.9 Å². The highest BCUT2D eigenvalue weighted by Crippen LogP contribution is 2.09. The predicted molar refractivity (Wildman–Crippen MR) is 64.1 cm³/mol. The van der Waals surface area contributed by atoms with Gasteiger partial charge in [0.05, 0.1) is 6.20 Å². The normalized spacial score (nSPS) is 10.7. The second kappa shape index (κ2) is 6.13. The van der Waals surface area contributed by atoms with Crippen molar-refractivity contribution < 1.29 is 14.7 Å². The fraction of sp³-hybridized carbons (Fsp3) is 0.636. The van der Waals surface area contributed by atoms with E-state index in [0.29, 0.717) is 0 Å². The van der Waals surface area contributed by atoms with E-state index in [1.807, 2.05) is 13.8 Å². The Morgan fingerprint density at radius 2 is 2.06 bits per heavy atom. The van der Waals surface area contributed by atoms with Crippen molar-refractivity contribution in [1.82, 2.24) is 19.9 Å². The van der Waals surface area contributed by atoms with Gasteiger partial charge in [-0.15, -0.1) is 5.10 Å². The predicted octanol–water partition coefficient (Wildman–Crippen LogP) is 0.623. The molecule has 1 N–H and O–H groups in total. The highest BCUT2D eigenvalue weighted by atomic mass is 16.4. The summed E-state index contributed by atoms with van der Waals surface area (Å²) in [5.41, 5.74) is 0.172. The molecule has 1 amide bonds. The third-order valence-electron chi connectivity index (χ3n) is 2.87. The van der Waals surface area contributed by atoms with E-state index in [9.17, 15) is 9.59 Å². The van der Waals surface area contributed by atoms with Gasteiger partial charge in [0.25, 0.3) is 5.91 Å². The first-order valence-corrected chi connectivity index (χ1v) is 5.88. The highest BCUT2D eigenvalue weighted by Gasteiger charge is 2.21. The molecular formula is C11H18N4O3. The number of rotatable bonds is 6. The van der Waals surface area contributed by atoms with Crippen LogP contribution in [0, 0.1) is 0 Å². The monoisotopic (exact) mass is 254 g/mol. The zero-order chi connectivity index (χ0) is 13.7. The van der Waals surface area contributed by atoms with Gasteiger partial charge in [0.15, 0.2) is 5.69 Å². The number of aliphatic carboxylic acids is 1. The van der Waals surface area contributed by atoms with Gasteiger partial charge in [0.2, 0.25) is 0 Å². The fourth-order valence-electron chi connectivity index (χ4n) is 1.80. The van der Waals surface area contributed by atoms with Crippen molar-refractivity contribution in [3.63, 3.8) is 0 Å². The van der Waals surface area contributed by atoms with Gasteiger partial charge in [-0.2, -0.15) is 0 Å². The minimum Gasteiger partial charge on any atom is -0.480 e. The van der Waals surface area contributed by atoms with Gasteiger partial charge >= 0.3 is 5.97 Å². The Balaban J connectivity index is 2.77. The summed E-state index contributed by atoms with van der Waals surface area (Å²) in [6.45, 7) is 3.73. The number of carboxylic acid groups (broad SMARTS) is 1. The molecule has 1 rings (SSSR count). The van der Waals surface area contributed by atoms with Crippen molar-refractivity contribution in [3.8, 4) is 0 Å². The molecule has 0 atom stereocenters. The second-order valence-electron chi connectivity index (χ2n) is 4.08. The zero-order valence-corrected chi connectivity index (χ0v) is 10.8. The molecule has 0 aromatic carbocycles. The average molecular weight is 254 g/mol. The molecule has 7 heteroatoms. The van der Waals surface area contributed by atoms with Gasteiger partial charge < -0.3 is 10.0 Å². The lowest BCUT2D eigenvalue weighted by Crippen LogP contribution is -2.36. The van der Waals surface area contributed by atoms with Crippen molar-refractivity contribution in [1.29, 1.82) is 0 Å². The number of aromatic nitrogens is 3. The Kier molecular flexibility index (Phi) is 4.82. The molecule has 0 radical (unpaired) electrons. The minimum absolute atomic E-state index is 0.155. The summed E-state index contributed by atoms with van der Waals surface area (Å²) < 4.78 is 1.14. The van der Waals surface area contributed by atoms with E-state index in [1.54, 1.807) is 11.9 Å². The van der Waals surface area contributed by atoms with Crippen molar-refractivity contribution in [2.45, 2.75) is 39.3 Å². The first-order chi connectivity index (χ1) is 8.49. The van der Waals surface area contributed by atoms with Crippen LogP contribution in [0.5, 0.6) is 0 Å². The molecule has 18 heavy (non-hydrogen) atoms. The molecule has 0 unspecified atom stereocenters. The Morgan fingerprint density at radius 3 is 2.56 bits per heavy atom. The molecule has 1 aromatic rings. The largest absolute Gasteiger partial charge is 0.480 e. The van der Waals surface area contributed by atoms with Crippen LogP contribution in [-0.4, -0.2) is 50.0 Å². The molecule has 0 spiro atoms. The second-order valence-corrected chi connectivity index (χ2v) is 4.08. The molecule has 0 aliphatic rings. The van der Waals surface area contributed by atoms with Crippen LogP contribution < -0.4 is 0 Å². The highest BCUT2D eigenvalue weighted by molar-refractivity contribution is 5.92.